The third-order valence-corrected chi connectivity index (χ3v) is 2.85. The zero-order valence-corrected chi connectivity index (χ0v) is 10.5. The first-order valence-electron chi connectivity index (χ1n) is 6.00. The number of hydrogen-bond donors (Lipinski definition) is 2. The first-order chi connectivity index (χ1) is 8.60. The average Bonchev–Trinajstić information content (AvgIpc) is 3.15. The fraction of sp³-hybridized carbons (Fsp3) is 0.462. The maximum absolute atomic E-state index is 13.2. The lowest BCUT2D eigenvalue weighted by atomic mass is 10.2. The van der Waals surface area contributed by atoms with E-state index in [0.717, 1.165) is 12.8 Å². The Hall–Kier alpha value is -1.78. The van der Waals surface area contributed by atoms with Crippen LogP contribution in [0.2, 0.25) is 0 Å². The lowest BCUT2D eigenvalue weighted by molar-refractivity contribution is -0.121. The molecule has 1 aliphatic rings. The van der Waals surface area contributed by atoms with E-state index in [9.17, 15) is 9.18 Å². The van der Waals surface area contributed by atoms with Crippen molar-refractivity contribution in [3.05, 3.63) is 24.0 Å². The van der Waals surface area contributed by atoms with Crippen LogP contribution >= 0.6 is 0 Å². The minimum Gasteiger partial charge on any atom is -0.494 e. The molecular formula is C13H17FN2O2. The van der Waals surface area contributed by atoms with Crippen molar-refractivity contribution in [1.82, 2.24) is 5.32 Å². The second kappa shape index (κ2) is 5.25. The van der Waals surface area contributed by atoms with Crippen LogP contribution in [0.4, 0.5) is 10.1 Å². The molecule has 2 rings (SSSR count). The molecule has 1 saturated carbocycles. The van der Waals surface area contributed by atoms with Crippen LogP contribution in [0.25, 0.3) is 0 Å². The summed E-state index contributed by atoms with van der Waals surface area (Å²) in [6, 6.07) is 4.41. The molecule has 1 atom stereocenters. The van der Waals surface area contributed by atoms with Crippen molar-refractivity contribution in [3.8, 4) is 5.75 Å². The number of ether oxygens (including phenoxy) is 1. The van der Waals surface area contributed by atoms with E-state index in [2.05, 4.69) is 10.6 Å². The van der Waals surface area contributed by atoms with Crippen molar-refractivity contribution in [1.29, 1.82) is 0 Å². The maximum atomic E-state index is 13.2. The maximum Gasteiger partial charge on any atom is 0.242 e. The number of carbonyl (C=O) groups excluding carboxylic acids is 1. The van der Waals surface area contributed by atoms with Gasteiger partial charge in [-0.05, 0) is 31.9 Å². The molecule has 0 aliphatic heterocycles. The quantitative estimate of drug-likeness (QED) is 0.841. The van der Waals surface area contributed by atoms with Gasteiger partial charge in [-0.25, -0.2) is 4.39 Å². The van der Waals surface area contributed by atoms with E-state index in [0.29, 0.717) is 11.7 Å². The number of methoxy groups -OCH3 is 1. The highest BCUT2D eigenvalue weighted by molar-refractivity contribution is 5.84. The Morgan fingerprint density at radius 3 is 2.83 bits per heavy atom. The number of benzene rings is 1. The molecule has 1 unspecified atom stereocenters. The van der Waals surface area contributed by atoms with Gasteiger partial charge in [0.25, 0.3) is 0 Å². The molecule has 1 fully saturated rings. The summed E-state index contributed by atoms with van der Waals surface area (Å²) in [5, 5.41) is 5.93. The predicted molar refractivity (Wildman–Crippen MR) is 67.2 cm³/mol. The molecule has 0 aromatic heterocycles. The summed E-state index contributed by atoms with van der Waals surface area (Å²) in [7, 11) is 1.41. The second-order valence-electron chi connectivity index (χ2n) is 4.50. The standard InChI is InChI=1S/C13H17FN2O2/c1-8(13(17)16-9-3-4-9)15-10-5-6-11(14)12(7-10)18-2/h5-9,15H,3-4H2,1-2H3,(H,16,17). The third kappa shape index (κ3) is 3.12. The van der Waals surface area contributed by atoms with E-state index in [1.54, 1.807) is 13.0 Å². The monoisotopic (exact) mass is 252 g/mol. The van der Waals surface area contributed by atoms with Gasteiger partial charge in [-0.15, -0.1) is 0 Å². The number of hydrogen-bond acceptors (Lipinski definition) is 3. The lowest BCUT2D eigenvalue weighted by Crippen LogP contribution is -2.38. The zero-order chi connectivity index (χ0) is 13.1. The number of amides is 1. The van der Waals surface area contributed by atoms with Gasteiger partial charge < -0.3 is 15.4 Å². The normalized spacial score (nSPS) is 15.9. The summed E-state index contributed by atoms with van der Waals surface area (Å²) < 4.78 is 18.1. The van der Waals surface area contributed by atoms with Crippen molar-refractivity contribution in [2.45, 2.75) is 31.8 Å². The topological polar surface area (TPSA) is 50.4 Å². The van der Waals surface area contributed by atoms with E-state index < -0.39 is 5.82 Å². The van der Waals surface area contributed by atoms with Crippen LogP contribution in [0.5, 0.6) is 5.75 Å². The summed E-state index contributed by atoms with van der Waals surface area (Å²) >= 11 is 0. The number of halogens is 1. The Labute approximate surface area is 106 Å². The number of rotatable bonds is 5. The van der Waals surface area contributed by atoms with Crippen molar-refractivity contribution in [3.63, 3.8) is 0 Å². The molecule has 0 radical (unpaired) electrons. The Balaban J connectivity index is 1.96. The van der Waals surface area contributed by atoms with Crippen molar-refractivity contribution in [2.75, 3.05) is 12.4 Å². The lowest BCUT2D eigenvalue weighted by Gasteiger charge is -2.15. The Morgan fingerprint density at radius 1 is 1.50 bits per heavy atom. The first kappa shape index (κ1) is 12.7. The Kier molecular flexibility index (Phi) is 3.69. The van der Waals surface area contributed by atoms with Gasteiger partial charge in [0.1, 0.15) is 6.04 Å². The number of nitrogens with one attached hydrogen (secondary N) is 2. The highest BCUT2D eigenvalue weighted by atomic mass is 19.1. The third-order valence-electron chi connectivity index (χ3n) is 2.85. The number of anilines is 1. The fourth-order valence-electron chi connectivity index (χ4n) is 1.62. The molecule has 18 heavy (non-hydrogen) atoms. The first-order valence-corrected chi connectivity index (χ1v) is 6.00. The zero-order valence-electron chi connectivity index (χ0n) is 10.5. The molecule has 1 aliphatic carbocycles. The van der Waals surface area contributed by atoms with Gasteiger partial charge in [-0.1, -0.05) is 0 Å². The van der Waals surface area contributed by atoms with E-state index >= 15 is 0 Å². The molecular weight excluding hydrogens is 235 g/mol. The van der Waals surface area contributed by atoms with Crippen molar-refractivity contribution < 1.29 is 13.9 Å². The largest absolute Gasteiger partial charge is 0.494 e. The summed E-state index contributed by atoms with van der Waals surface area (Å²) in [4.78, 5) is 11.7. The van der Waals surface area contributed by atoms with Gasteiger partial charge in [-0.3, -0.25) is 4.79 Å². The molecule has 98 valence electrons. The average molecular weight is 252 g/mol. The van der Waals surface area contributed by atoms with E-state index in [1.165, 1.54) is 19.2 Å². The van der Waals surface area contributed by atoms with Crippen LogP contribution in [0.1, 0.15) is 19.8 Å². The molecule has 0 saturated heterocycles. The van der Waals surface area contributed by atoms with Crippen LogP contribution in [-0.2, 0) is 4.79 Å². The minimum absolute atomic E-state index is 0.0409. The van der Waals surface area contributed by atoms with Crippen LogP contribution in [0.3, 0.4) is 0 Å². The SMILES string of the molecule is COc1cc(NC(C)C(=O)NC2CC2)ccc1F. The summed E-state index contributed by atoms with van der Waals surface area (Å²) in [5.74, 6) is -0.297. The van der Waals surface area contributed by atoms with Gasteiger partial charge in [0.05, 0.1) is 7.11 Å². The summed E-state index contributed by atoms with van der Waals surface area (Å²) in [6.45, 7) is 1.77. The van der Waals surface area contributed by atoms with Crippen LogP contribution in [-0.4, -0.2) is 25.1 Å². The molecule has 1 aromatic carbocycles. The van der Waals surface area contributed by atoms with Gasteiger partial charge in [0.15, 0.2) is 11.6 Å². The van der Waals surface area contributed by atoms with Gasteiger partial charge >= 0.3 is 0 Å². The van der Waals surface area contributed by atoms with Gasteiger partial charge in [0.2, 0.25) is 5.91 Å². The van der Waals surface area contributed by atoms with E-state index in [1.807, 2.05) is 0 Å². The molecule has 0 heterocycles. The van der Waals surface area contributed by atoms with E-state index in [4.69, 9.17) is 4.74 Å². The second-order valence-corrected chi connectivity index (χ2v) is 4.50. The van der Waals surface area contributed by atoms with Gasteiger partial charge in [-0.2, -0.15) is 0 Å². The van der Waals surface area contributed by atoms with Crippen molar-refractivity contribution in [2.24, 2.45) is 0 Å². The van der Waals surface area contributed by atoms with Crippen molar-refractivity contribution >= 4 is 11.6 Å². The predicted octanol–water partition coefficient (Wildman–Crippen LogP) is 1.91. The Morgan fingerprint density at radius 2 is 2.22 bits per heavy atom. The molecule has 1 aromatic rings. The van der Waals surface area contributed by atoms with Crippen LogP contribution in [0.15, 0.2) is 18.2 Å². The summed E-state index contributed by atoms with van der Waals surface area (Å²) in [6.07, 6.45) is 2.12. The molecule has 0 spiro atoms. The highest BCUT2D eigenvalue weighted by Crippen LogP contribution is 2.22. The molecule has 0 bridgehead atoms. The van der Waals surface area contributed by atoms with Gasteiger partial charge in [0, 0.05) is 17.8 Å². The smallest absolute Gasteiger partial charge is 0.242 e. The minimum atomic E-state index is -0.418. The van der Waals surface area contributed by atoms with E-state index in [-0.39, 0.29) is 17.7 Å². The van der Waals surface area contributed by atoms with Crippen LogP contribution in [0, 0.1) is 5.82 Å². The van der Waals surface area contributed by atoms with Crippen LogP contribution < -0.4 is 15.4 Å². The molecule has 4 nitrogen and oxygen atoms in total. The fourth-order valence-corrected chi connectivity index (χ4v) is 1.62. The highest BCUT2D eigenvalue weighted by Gasteiger charge is 2.25. The summed E-state index contributed by atoms with van der Waals surface area (Å²) in [5.41, 5.74) is 0.659. The molecule has 2 N–H and O–H groups in total. The Bertz CT molecular complexity index is 447. The number of carbonyl (C=O) groups is 1. The molecule has 5 heteroatoms. The molecule has 1 amide bonds.